The summed E-state index contributed by atoms with van der Waals surface area (Å²) in [5.74, 6) is 1.40. The molecular formula is C12H15N3OS. The Bertz CT molecular complexity index is 496. The maximum Gasteiger partial charge on any atom is 0.268 e. The lowest BCUT2D eigenvalue weighted by Crippen LogP contribution is -2.12. The molecule has 17 heavy (non-hydrogen) atoms. The van der Waals surface area contributed by atoms with Gasteiger partial charge in [-0.2, -0.15) is 4.98 Å². The van der Waals surface area contributed by atoms with Gasteiger partial charge < -0.3 is 9.84 Å². The van der Waals surface area contributed by atoms with E-state index in [4.69, 9.17) is 4.52 Å². The Morgan fingerprint density at radius 3 is 3.24 bits per heavy atom. The van der Waals surface area contributed by atoms with Gasteiger partial charge in [0.2, 0.25) is 0 Å². The molecule has 0 radical (unpaired) electrons. The molecule has 0 spiro atoms. The highest BCUT2D eigenvalue weighted by Gasteiger charge is 2.18. The molecule has 0 aliphatic heterocycles. The van der Waals surface area contributed by atoms with Gasteiger partial charge in [0.25, 0.3) is 5.89 Å². The first-order valence-electron chi connectivity index (χ1n) is 6.02. The lowest BCUT2D eigenvalue weighted by molar-refractivity contribution is 0.420. The zero-order valence-electron chi connectivity index (χ0n) is 9.82. The Hall–Kier alpha value is -1.20. The van der Waals surface area contributed by atoms with Gasteiger partial charge in [-0.25, -0.2) is 0 Å². The monoisotopic (exact) mass is 249 g/mol. The van der Waals surface area contributed by atoms with Crippen LogP contribution in [-0.4, -0.2) is 16.7 Å². The zero-order valence-corrected chi connectivity index (χ0v) is 10.6. The van der Waals surface area contributed by atoms with Crippen LogP contribution < -0.4 is 5.32 Å². The molecule has 0 unspecified atom stereocenters. The highest BCUT2D eigenvalue weighted by molar-refractivity contribution is 7.15. The summed E-state index contributed by atoms with van der Waals surface area (Å²) in [6.07, 6.45) is 3.69. The van der Waals surface area contributed by atoms with Crippen LogP contribution in [0.15, 0.2) is 10.6 Å². The van der Waals surface area contributed by atoms with Gasteiger partial charge in [0.05, 0.1) is 11.4 Å². The summed E-state index contributed by atoms with van der Waals surface area (Å²) in [5, 5.41) is 7.16. The van der Waals surface area contributed by atoms with Gasteiger partial charge >= 0.3 is 0 Å². The molecule has 1 aliphatic rings. The molecule has 2 heterocycles. The molecule has 90 valence electrons. The first-order chi connectivity index (χ1) is 8.36. The molecule has 0 saturated heterocycles. The van der Waals surface area contributed by atoms with Crippen molar-refractivity contribution in [3.8, 4) is 10.8 Å². The van der Waals surface area contributed by atoms with E-state index >= 15 is 0 Å². The Morgan fingerprint density at radius 2 is 2.41 bits per heavy atom. The summed E-state index contributed by atoms with van der Waals surface area (Å²) in [5.41, 5.74) is 1.47. The highest BCUT2D eigenvalue weighted by atomic mass is 32.1. The molecule has 0 aromatic carbocycles. The van der Waals surface area contributed by atoms with Crippen LogP contribution in [0.2, 0.25) is 0 Å². The largest absolute Gasteiger partial charge is 0.333 e. The van der Waals surface area contributed by atoms with Crippen molar-refractivity contribution in [2.24, 2.45) is 0 Å². The minimum absolute atomic E-state index is 0.664. The fourth-order valence-electron chi connectivity index (χ4n) is 2.10. The number of aromatic nitrogens is 2. The topological polar surface area (TPSA) is 51.0 Å². The van der Waals surface area contributed by atoms with Gasteiger partial charge in [-0.15, -0.1) is 11.3 Å². The van der Waals surface area contributed by atoms with Crippen LogP contribution >= 0.6 is 11.3 Å². The van der Waals surface area contributed by atoms with Crippen LogP contribution in [0.4, 0.5) is 0 Å². The molecule has 5 heteroatoms. The second kappa shape index (κ2) is 4.58. The molecule has 3 rings (SSSR count). The maximum atomic E-state index is 5.29. The molecule has 2 aromatic heterocycles. The summed E-state index contributed by atoms with van der Waals surface area (Å²) in [7, 11) is 0. The minimum Gasteiger partial charge on any atom is -0.333 e. The van der Waals surface area contributed by atoms with Crippen LogP contribution in [0, 0.1) is 0 Å². The van der Waals surface area contributed by atoms with E-state index in [9.17, 15) is 0 Å². The van der Waals surface area contributed by atoms with Gasteiger partial charge in [0.1, 0.15) is 0 Å². The van der Waals surface area contributed by atoms with E-state index < -0.39 is 0 Å². The third-order valence-electron chi connectivity index (χ3n) is 2.96. The third kappa shape index (κ3) is 2.12. The predicted molar refractivity (Wildman–Crippen MR) is 67.0 cm³/mol. The SMILES string of the molecule is CCNCc1noc(-c2cc3c(s2)CCC3)n1. The Balaban J connectivity index is 1.80. The summed E-state index contributed by atoms with van der Waals surface area (Å²) in [6, 6.07) is 2.21. The van der Waals surface area contributed by atoms with Gasteiger partial charge in [-0.05, 0) is 37.4 Å². The fraction of sp³-hybridized carbons (Fsp3) is 0.500. The Morgan fingerprint density at radius 1 is 1.47 bits per heavy atom. The Kier molecular flexibility index (Phi) is 2.94. The number of rotatable bonds is 4. The number of nitrogens with one attached hydrogen (secondary N) is 1. The third-order valence-corrected chi connectivity index (χ3v) is 4.18. The molecule has 0 amide bonds. The normalized spacial score (nSPS) is 14.2. The first kappa shape index (κ1) is 10.9. The van der Waals surface area contributed by atoms with Crippen LogP contribution in [0.1, 0.15) is 29.6 Å². The van der Waals surface area contributed by atoms with E-state index in [0.717, 1.165) is 17.2 Å². The van der Waals surface area contributed by atoms with Crippen molar-refractivity contribution in [2.45, 2.75) is 32.7 Å². The van der Waals surface area contributed by atoms with Crippen LogP contribution in [0.3, 0.4) is 0 Å². The van der Waals surface area contributed by atoms with E-state index in [1.165, 1.54) is 29.7 Å². The lowest BCUT2D eigenvalue weighted by Gasteiger charge is -1.92. The number of hydrogen-bond donors (Lipinski definition) is 1. The maximum absolute atomic E-state index is 5.29. The van der Waals surface area contributed by atoms with Gasteiger partial charge in [-0.3, -0.25) is 0 Å². The van der Waals surface area contributed by atoms with E-state index in [2.05, 4.69) is 28.4 Å². The molecule has 1 N–H and O–H groups in total. The summed E-state index contributed by atoms with van der Waals surface area (Å²) >= 11 is 1.80. The molecule has 4 nitrogen and oxygen atoms in total. The van der Waals surface area contributed by atoms with E-state index in [0.29, 0.717) is 12.4 Å². The van der Waals surface area contributed by atoms with E-state index in [-0.39, 0.29) is 0 Å². The zero-order chi connectivity index (χ0) is 11.7. The van der Waals surface area contributed by atoms with Crippen molar-refractivity contribution in [2.75, 3.05) is 6.54 Å². The van der Waals surface area contributed by atoms with Crippen molar-refractivity contribution in [1.29, 1.82) is 0 Å². The molecule has 2 aromatic rings. The van der Waals surface area contributed by atoms with Gasteiger partial charge in [0.15, 0.2) is 5.82 Å². The molecule has 0 atom stereocenters. The number of nitrogens with zero attached hydrogens (tertiary/aromatic N) is 2. The molecule has 1 aliphatic carbocycles. The van der Waals surface area contributed by atoms with Crippen molar-refractivity contribution < 1.29 is 4.52 Å². The molecule has 0 fully saturated rings. The van der Waals surface area contributed by atoms with Crippen molar-refractivity contribution in [1.82, 2.24) is 15.5 Å². The van der Waals surface area contributed by atoms with Crippen molar-refractivity contribution >= 4 is 11.3 Å². The molecule has 0 bridgehead atoms. The van der Waals surface area contributed by atoms with Gasteiger partial charge in [0, 0.05) is 4.88 Å². The van der Waals surface area contributed by atoms with Gasteiger partial charge in [-0.1, -0.05) is 12.1 Å². The summed E-state index contributed by atoms with van der Waals surface area (Å²) in [4.78, 5) is 7.01. The Labute approximate surface area is 104 Å². The number of hydrogen-bond acceptors (Lipinski definition) is 5. The quantitative estimate of drug-likeness (QED) is 0.904. The second-order valence-corrected chi connectivity index (χ2v) is 5.35. The predicted octanol–water partition coefficient (Wildman–Crippen LogP) is 2.40. The highest BCUT2D eigenvalue weighted by Crippen LogP contribution is 2.35. The number of thiophene rings is 1. The average molecular weight is 249 g/mol. The lowest BCUT2D eigenvalue weighted by atomic mass is 10.2. The molecule has 0 saturated carbocycles. The molecular weight excluding hydrogens is 234 g/mol. The number of aryl methyl sites for hydroxylation is 2. The number of fused-ring (bicyclic) bond motifs is 1. The summed E-state index contributed by atoms with van der Waals surface area (Å²) in [6.45, 7) is 3.65. The first-order valence-corrected chi connectivity index (χ1v) is 6.83. The van der Waals surface area contributed by atoms with Crippen molar-refractivity contribution in [3.63, 3.8) is 0 Å². The van der Waals surface area contributed by atoms with E-state index in [1.807, 2.05) is 0 Å². The standard InChI is InChI=1S/C12H15N3OS/c1-2-13-7-11-14-12(16-15-11)10-6-8-4-3-5-9(8)17-10/h6,13H,2-5,7H2,1H3. The van der Waals surface area contributed by atoms with Crippen molar-refractivity contribution in [3.05, 3.63) is 22.3 Å². The minimum atomic E-state index is 0.664. The van der Waals surface area contributed by atoms with Crippen LogP contribution in [-0.2, 0) is 19.4 Å². The summed E-state index contributed by atoms with van der Waals surface area (Å²) < 4.78 is 5.29. The van der Waals surface area contributed by atoms with Crippen LogP contribution in [0.5, 0.6) is 0 Å². The fourth-order valence-corrected chi connectivity index (χ4v) is 3.27. The van der Waals surface area contributed by atoms with Crippen LogP contribution in [0.25, 0.3) is 10.8 Å². The average Bonchev–Trinajstić information content (AvgIpc) is 3.00. The smallest absolute Gasteiger partial charge is 0.268 e. The second-order valence-electron chi connectivity index (χ2n) is 4.21. The van der Waals surface area contributed by atoms with E-state index in [1.54, 1.807) is 11.3 Å².